The highest BCUT2D eigenvalue weighted by Crippen LogP contribution is 2.49. The number of likely N-dealkylation sites (N-methyl/N-ethyl adjacent to an activating group) is 1. The lowest BCUT2D eigenvalue weighted by Crippen LogP contribution is -2.63. The molecule has 4 heterocycles. The lowest BCUT2D eigenvalue weighted by molar-refractivity contribution is -0.162. The molecule has 0 radical (unpaired) electrons. The second-order valence-corrected chi connectivity index (χ2v) is 23.1. The molecule has 4 bridgehead atoms. The van der Waals surface area contributed by atoms with Crippen molar-refractivity contribution in [1.82, 2.24) is 25.8 Å². The predicted octanol–water partition coefficient (Wildman–Crippen LogP) is 4.03. The van der Waals surface area contributed by atoms with E-state index in [2.05, 4.69) is 22.9 Å². The predicted molar refractivity (Wildman–Crippen MR) is 311 cm³/mol. The van der Waals surface area contributed by atoms with Crippen LogP contribution in [-0.4, -0.2) is 216 Å². The van der Waals surface area contributed by atoms with Crippen LogP contribution in [0.15, 0.2) is 35.9 Å². The Balaban J connectivity index is 1.06. The number of likely N-dealkylation sites (tertiary alicyclic amines) is 1. The first-order valence-electron chi connectivity index (χ1n) is 28.7. The van der Waals surface area contributed by atoms with Gasteiger partial charge in [0, 0.05) is 84.6 Å². The molecule has 4 N–H and O–H groups in total. The number of hydrogen-bond acceptors (Lipinski definition) is 19. The Kier molecular flexibility index (Phi) is 28.2. The Labute approximate surface area is 501 Å². The fourth-order valence-corrected chi connectivity index (χ4v) is 11.3. The molecule has 3 fully saturated rings. The van der Waals surface area contributed by atoms with Crippen molar-refractivity contribution in [3.63, 3.8) is 0 Å². The minimum Gasteiger partial charge on any atom is -0.495 e. The Hall–Kier alpha value is -5.38. The summed E-state index contributed by atoms with van der Waals surface area (Å²) in [7, 11) is 5.84. The average Bonchev–Trinajstić information content (AvgIpc) is 1.76. The fourth-order valence-electron chi connectivity index (χ4n) is 9.88. The molecule has 0 aromatic heterocycles. The number of methoxy groups -OCH3 is 2. The van der Waals surface area contributed by atoms with Gasteiger partial charge in [-0.15, -0.1) is 11.8 Å². The number of fused-ring (bicyclic) bond motifs is 5. The number of carbonyl (C=O) groups excluding carboxylic acids is 8. The number of ether oxygens (including phenoxy) is 9. The van der Waals surface area contributed by atoms with Crippen LogP contribution in [0.25, 0.3) is 0 Å². The molecule has 9 atom stereocenters. The number of esters is 1. The van der Waals surface area contributed by atoms with Crippen LogP contribution in [0.2, 0.25) is 5.02 Å². The third-order valence-electron chi connectivity index (χ3n) is 15.2. The number of aliphatic hydroxyl groups is 1. The maximum Gasteiger partial charge on any atom is 0.409 e. The lowest BCUT2D eigenvalue weighted by atomic mass is 9.83. The van der Waals surface area contributed by atoms with Gasteiger partial charge in [0.1, 0.15) is 40.7 Å². The monoisotopic (exact) mass is 1220 g/mol. The van der Waals surface area contributed by atoms with Crippen molar-refractivity contribution < 1.29 is 86.1 Å². The molecule has 3 saturated heterocycles. The normalized spacial score (nSPS) is 25.8. The van der Waals surface area contributed by atoms with Gasteiger partial charge in [-0.3, -0.25) is 39.0 Å². The van der Waals surface area contributed by atoms with E-state index in [-0.39, 0.29) is 68.0 Å². The van der Waals surface area contributed by atoms with E-state index in [9.17, 15) is 43.5 Å². The molecular weight excluding hydrogens is 1140 g/mol. The van der Waals surface area contributed by atoms with E-state index < -0.39 is 95.1 Å². The summed E-state index contributed by atoms with van der Waals surface area (Å²) in [5.41, 5.74) is -1.23. The Bertz CT molecular complexity index is 2490. The van der Waals surface area contributed by atoms with Crippen LogP contribution in [0.1, 0.15) is 98.0 Å². The van der Waals surface area contributed by atoms with Gasteiger partial charge in [-0.25, -0.2) is 9.59 Å². The number of thioether (sulfide) groups is 1. The second kappa shape index (κ2) is 34.1. The summed E-state index contributed by atoms with van der Waals surface area (Å²) in [6.45, 7) is 12.4. The first-order valence-corrected chi connectivity index (χ1v) is 30.1. The van der Waals surface area contributed by atoms with Crippen LogP contribution < -0.4 is 25.6 Å². The molecule has 7 amide bonds. The van der Waals surface area contributed by atoms with Gasteiger partial charge in [-0.1, -0.05) is 62.1 Å². The standard InChI is InChI=1S/C58H87ClN6O18S/c1-10-11-12-19-60-48(67)17-22-77-24-26-79-28-29-80-27-25-78-23-20-61-47(66)16-21-65-51(70)34-44(54(65)71)84-30-18-49(68)63(6)39(4)55(72)82-46-35-50(69)64(7)41-32-40(33-42(75-8)52(41)59)31-37(2)14-13-15-45(76-9)58(74)36-43(81-56(73)62-58)38(3)53-57(46,5)83-53/h13-15,32-33,38-39,43-46,53,74H,10-12,16-31,34-36H2,1-9H3,(H,60,67)(H,61,66)(H,62,73)/b15-13+,37-14+/t38-,39-,43+,44?,45-,46+,53+,57+,58+/m1/s1. The van der Waals surface area contributed by atoms with E-state index in [1.165, 1.54) is 45.0 Å². The summed E-state index contributed by atoms with van der Waals surface area (Å²) < 4.78 is 51.3. The van der Waals surface area contributed by atoms with E-state index in [4.69, 9.17) is 54.2 Å². The first-order chi connectivity index (χ1) is 40.1. The maximum absolute atomic E-state index is 14.4. The number of benzene rings is 1. The maximum atomic E-state index is 14.4. The molecule has 1 aromatic rings. The van der Waals surface area contributed by atoms with Crippen molar-refractivity contribution in [1.29, 1.82) is 0 Å². The van der Waals surface area contributed by atoms with E-state index in [1.54, 1.807) is 38.1 Å². The minimum absolute atomic E-state index is 0.0185. The Morgan fingerprint density at radius 1 is 0.917 bits per heavy atom. The number of imide groups is 1. The molecule has 24 nitrogen and oxygen atoms in total. The summed E-state index contributed by atoms with van der Waals surface area (Å²) in [5, 5.41) is 19.4. The van der Waals surface area contributed by atoms with E-state index in [1.807, 2.05) is 13.0 Å². The molecule has 0 saturated carbocycles. The van der Waals surface area contributed by atoms with Crippen LogP contribution in [0.3, 0.4) is 0 Å². The van der Waals surface area contributed by atoms with E-state index >= 15 is 0 Å². The largest absolute Gasteiger partial charge is 0.495 e. The summed E-state index contributed by atoms with van der Waals surface area (Å²) in [5.74, 6) is -3.23. The zero-order valence-electron chi connectivity index (χ0n) is 50.0. The van der Waals surface area contributed by atoms with Gasteiger partial charge >= 0.3 is 12.1 Å². The highest BCUT2D eigenvalue weighted by atomic mass is 35.5. The molecule has 0 aliphatic carbocycles. The summed E-state index contributed by atoms with van der Waals surface area (Å²) in [4.78, 5) is 109. The summed E-state index contributed by atoms with van der Waals surface area (Å²) in [6, 6.07) is 2.36. The molecule has 5 rings (SSSR count). The number of anilines is 1. The van der Waals surface area contributed by atoms with Gasteiger partial charge in [0.15, 0.2) is 5.72 Å². The number of epoxide rings is 1. The van der Waals surface area contributed by atoms with Crippen molar-refractivity contribution >= 4 is 76.6 Å². The summed E-state index contributed by atoms with van der Waals surface area (Å²) in [6.07, 6.45) is 3.45. The van der Waals surface area contributed by atoms with Crippen LogP contribution in [0.5, 0.6) is 5.75 Å². The third-order valence-corrected chi connectivity index (χ3v) is 16.8. The molecular formula is C58H87ClN6O18S. The molecule has 0 spiro atoms. The highest BCUT2D eigenvalue weighted by molar-refractivity contribution is 8.00. The van der Waals surface area contributed by atoms with E-state index in [0.717, 1.165) is 47.1 Å². The first kappa shape index (κ1) is 69.4. The van der Waals surface area contributed by atoms with Crippen molar-refractivity contribution in [2.75, 3.05) is 111 Å². The molecule has 1 unspecified atom stereocenters. The molecule has 470 valence electrons. The zero-order chi connectivity index (χ0) is 61.6. The van der Waals surface area contributed by atoms with E-state index in [0.29, 0.717) is 77.1 Å². The highest BCUT2D eigenvalue weighted by Gasteiger charge is 2.64. The summed E-state index contributed by atoms with van der Waals surface area (Å²) >= 11 is 7.95. The number of hydrogen-bond donors (Lipinski definition) is 4. The van der Waals surface area contributed by atoms with Crippen molar-refractivity contribution in [2.45, 2.75) is 146 Å². The van der Waals surface area contributed by atoms with Crippen LogP contribution in [-0.2, 0) is 77.9 Å². The smallest absolute Gasteiger partial charge is 0.409 e. The second-order valence-electron chi connectivity index (χ2n) is 21.5. The molecule has 4 aliphatic heterocycles. The SMILES string of the molecule is CCCCCNC(=O)CCOCCOCCOCCOCCNC(=O)CCN1C(=O)CC(SCCC(=O)N(C)[C@H](C)C(=O)O[C@H]2CC(=O)N(C)c3cc(cc(OC)c3Cl)C/C(C)=C/C=C/[C@@H](OC)[C@@]3(O)C[C@H](OC(=O)N3)[C@@H](C)[C@@H]3O[C@@]23C)C1=O. The number of carbonyl (C=O) groups is 8. The van der Waals surface area contributed by atoms with Crippen LogP contribution in [0, 0.1) is 5.92 Å². The minimum atomic E-state index is -1.89. The topological polar surface area (TPSA) is 289 Å². The Morgan fingerprint density at radius 3 is 2.24 bits per heavy atom. The van der Waals surface area contributed by atoms with Crippen LogP contribution in [0.4, 0.5) is 10.5 Å². The van der Waals surface area contributed by atoms with Gasteiger partial charge < -0.3 is 68.2 Å². The number of nitrogens with zero attached hydrogens (tertiary/aromatic N) is 3. The number of halogens is 1. The van der Waals surface area contributed by atoms with Gasteiger partial charge in [0.05, 0.1) is 83.4 Å². The van der Waals surface area contributed by atoms with Gasteiger partial charge in [0.2, 0.25) is 35.4 Å². The third kappa shape index (κ3) is 20.4. The molecule has 26 heteroatoms. The number of rotatable bonds is 31. The molecule has 4 aliphatic rings. The van der Waals surface area contributed by atoms with Crippen molar-refractivity contribution in [2.24, 2.45) is 5.92 Å². The fraction of sp³-hybridized carbons (Fsp3) is 0.690. The number of amides is 7. The van der Waals surface area contributed by atoms with Crippen molar-refractivity contribution in [3.8, 4) is 5.75 Å². The van der Waals surface area contributed by atoms with Gasteiger partial charge in [-0.05, 0) is 51.3 Å². The van der Waals surface area contributed by atoms with Gasteiger partial charge in [0.25, 0.3) is 0 Å². The number of allylic oxidation sites excluding steroid dienone is 3. The number of alkyl carbamates (subject to hydrolysis) is 1. The van der Waals surface area contributed by atoms with Crippen molar-refractivity contribution in [3.05, 3.63) is 46.5 Å². The average molecular weight is 1220 g/mol. The van der Waals surface area contributed by atoms with Gasteiger partial charge in [-0.2, -0.15) is 0 Å². The Morgan fingerprint density at radius 2 is 1.57 bits per heavy atom. The molecule has 1 aromatic carbocycles. The molecule has 84 heavy (non-hydrogen) atoms. The number of unbranched alkanes of at least 4 members (excludes halogenated alkanes) is 2. The zero-order valence-corrected chi connectivity index (χ0v) is 51.6. The quantitative estimate of drug-likeness (QED) is 0.0353. The number of nitrogens with one attached hydrogen (secondary N) is 3. The van der Waals surface area contributed by atoms with Crippen LogP contribution >= 0.6 is 23.4 Å². The lowest BCUT2D eigenvalue weighted by Gasteiger charge is -2.42.